The molecule has 15 heavy (non-hydrogen) atoms. The van der Waals surface area contributed by atoms with Crippen molar-refractivity contribution in [1.29, 1.82) is 0 Å². The van der Waals surface area contributed by atoms with E-state index in [0.29, 0.717) is 11.2 Å². The maximum atomic E-state index is 5.20. The second-order valence-electron chi connectivity index (χ2n) is 4.13. The average Bonchev–Trinajstić information content (AvgIpc) is 2.58. The topological polar surface area (TPSA) is 41.9 Å². The number of anilines is 1. The Hall–Kier alpha value is -1.10. The van der Waals surface area contributed by atoms with Crippen LogP contribution in [-0.4, -0.2) is 20.9 Å². The van der Waals surface area contributed by atoms with Crippen LogP contribution in [0.2, 0.25) is 0 Å². The molecule has 0 spiro atoms. The highest BCUT2D eigenvalue weighted by atomic mass is 32.1. The van der Waals surface area contributed by atoms with Gasteiger partial charge in [0.1, 0.15) is 0 Å². The van der Waals surface area contributed by atoms with Gasteiger partial charge < -0.3 is 10.6 Å². The summed E-state index contributed by atoms with van der Waals surface area (Å²) in [6.07, 6.45) is 4.39. The molecule has 1 aromatic heterocycles. The van der Waals surface area contributed by atoms with Crippen molar-refractivity contribution in [1.82, 2.24) is 15.1 Å². The first kappa shape index (κ1) is 10.4. The first-order valence-corrected chi connectivity index (χ1v) is 5.63. The first-order valence-electron chi connectivity index (χ1n) is 5.22. The number of thiocarbonyl (C=S) groups is 1. The van der Waals surface area contributed by atoms with Crippen LogP contribution in [0.5, 0.6) is 0 Å². The Labute approximate surface area is 95.0 Å². The van der Waals surface area contributed by atoms with E-state index < -0.39 is 0 Å². The van der Waals surface area contributed by atoms with E-state index in [4.69, 9.17) is 12.2 Å². The summed E-state index contributed by atoms with van der Waals surface area (Å²) in [7, 11) is 1.88. The maximum Gasteiger partial charge on any atom is 0.172 e. The van der Waals surface area contributed by atoms with Crippen molar-refractivity contribution >= 4 is 23.1 Å². The summed E-state index contributed by atoms with van der Waals surface area (Å²) in [6.45, 7) is 2.24. The summed E-state index contributed by atoms with van der Waals surface area (Å²) in [5.41, 5.74) is 0. The Morgan fingerprint density at radius 1 is 1.60 bits per heavy atom. The van der Waals surface area contributed by atoms with Crippen molar-refractivity contribution in [3.63, 3.8) is 0 Å². The molecule has 2 N–H and O–H groups in total. The third-order valence-corrected chi connectivity index (χ3v) is 3.11. The number of nitrogens with zero attached hydrogens (tertiary/aromatic N) is 2. The SMILES string of the molecule is C[C@@H]1CCC1NC(=S)Nc1ccn(C)n1. The molecular weight excluding hydrogens is 208 g/mol. The largest absolute Gasteiger partial charge is 0.359 e. The summed E-state index contributed by atoms with van der Waals surface area (Å²) in [5.74, 6) is 1.52. The lowest BCUT2D eigenvalue weighted by Gasteiger charge is -2.35. The van der Waals surface area contributed by atoms with Gasteiger partial charge in [0.25, 0.3) is 0 Å². The Bertz CT molecular complexity index is 360. The van der Waals surface area contributed by atoms with Gasteiger partial charge >= 0.3 is 0 Å². The van der Waals surface area contributed by atoms with Crippen LogP contribution in [0.15, 0.2) is 12.3 Å². The fourth-order valence-corrected chi connectivity index (χ4v) is 1.94. The molecule has 0 aromatic carbocycles. The molecule has 1 aliphatic rings. The molecule has 0 bridgehead atoms. The van der Waals surface area contributed by atoms with Crippen molar-refractivity contribution in [2.45, 2.75) is 25.8 Å². The van der Waals surface area contributed by atoms with E-state index in [9.17, 15) is 0 Å². The van der Waals surface area contributed by atoms with Crippen LogP contribution >= 0.6 is 12.2 Å². The summed E-state index contributed by atoms with van der Waals surface area (Å²) < 4.78 is 1.75. The van der Waals surface area contributed by atoms with Gasteiger partial charge in [-0.15, -0.1) is 0 Å². The Morgan fingerprint density at radius 3 is 2.87 bits per heavy atom. The van der Waals surface area contributed by atoms with Crippen LogP contribution in [0.4, 0.5) is 5.82 Å². The highest BCUT2D eigenvalue weighted by Crippen LogP contribution is 2.26. The van der Waals surface area contributed by atoms with Gasteiger partial charge in [0, 0.05) is 25.4 Å². The molecule has 1 saturated carbocycles. The Kier molecular flexibility index (Phi) is 2.90. The van der Waals surface area contributed by atoms with E-state index in [1.165, 1.54) is 12.8 Å². The molecule has 1 unspecified atom stereocenters. The molecule has 1 aromatic rings. The minimum atomic E-state index is 0.536. The van der Waals surface area contributed by atoms with Crippen LogP contribution in [0, 0.1) is 5.92 Å². The zero-order chi connectivity index (χ0) is 10.8. The van der Waals surface area contributed by atoms with Crippen molar-refractivity contribution in [2.24, 2.45) is 13.0 Å². The Balaban J connectivity index is 1.82. The van der Waals surface area contributed by atoms with Gasteiger partial charge in [-0.2, -0.15) is 5.10 Å². The highest BCUT2D eigenvalue weighted by molar-refractivity contribution is 7.80. The summed E-state index contributed by atoms with van der Waals surface area (Å²) in [4.78, 5) is 0. The molecule has 0 aliphatic heterocycles. The Morgan fingerprint density at radius 2 is 2.40 bits per heavy atom. The van der Waals surface area contributed by atoms with Gasteiger partial charge in [0.2, 0.25) is 0 Å². The van der Waals surface area contributed by atoms with E-state index in [-0.39, 0.29) is 0 Å². The third-order valence-electron chi connectivity index (χ3n) is 2.89. The number of nitrogens with one attached hydrogen (secondary N) is 2. The zero-order valence-corrected chi connectivity index (χ0v) is 9.84. The average molecular weight is 224 g/mol. The maximum absolute atomic E-state index is 5.20. The van der Waals surface area contributed by atoms with Gasteiger partial charge in [-0.1, -0.05) is 6.92 Å². The van der Waals surface area contributed by atoms with Gasteiger partial charge in [-0.05, 0) is 31.0 Å². The predicted molar refractivity (Wildman–Crippen MR) is 64.8 cm³/mol. The lowest BCUT2D eigenvalue weighted by atomic mass is 9.81. The minimum Gasteiger partial charge on any atom is -0.359 e. The predicted octanol–water partition coefficient (Wildman–Crippen LogP) is 1.50. The monoisotopic (exact) mass is 224 g/mol. The van der Waals surface area contributed by atoms with Crippen LogP contribution in [-0.2, 0) is 7.05 Å². The van der Waals surface area contributed by atoms with E-state index >= 15 is 0 Å². The normalized spacial score (nSPS) is 24.4. The highest BCUT2D eigenvalue weighted by Gasteiger charge is 2.26. The number of aromatic nitrogens is 2. The van der Waals surface area contributed by atoms with Crippen molar-refractivity contribution < 1.29 is 0 Å². The molecule has 0 saturated heterocycles. The van der Waals surface area contributed by atoms with Crippen LogP contribution < -0.4 is 10.6 Å². The molecule has 0 radical (unpaired) electrons. The number of rotatable bonds is 2. The van der Waals surface area contributed by atoms with Crippen molar-refractivity contribution in [3.8, 4) is 0 Å². The standard InChI is InChI=1S/C10H16N4S/c1-7-3-4-8(7)11-10(15)12-9-5-6-14(2)13-9/h5-8H,3-4H2,1-2H3,(H2,11,12,13,15)/t7-,8?/m1/s1. The molecule has 5 heteroatoms. The molecule has 2 atom stereocenters. The second-order valence-corrected chi connectivity index (χ2v) is 4.54. The molecular formula is C10H16N4S. The summed E-state index contributed by atoms with van der Waals surface area (Å²) >= 11 is 5.20. The second kappa shape index (κ2) is 4.18. The fourth-order valence-electron chi connectivity index (χ4n) is 1.68. The molecule has 1 fully saturated rings. The lowest BCUT2D eigenvalue weighted by Crippen LogP contribution is -2.47. The van der Waals surface area contributed by atoms with Gasteiger partial charge in [0.05, 0.1) is 0 Å². The molecule has 1 heterocycles. The van der Waals surface area contributed by atoms with Gasteiger partial charge in [-0.3, -0.25) is 4.68 Å². The molecule has 0 amide bonds. The van der Waals surface area contributed by atoms with E-state index in [1.54, 1.807) is 4.68 Å². The number of aryl methyl sites for hydroxylation is 1. The lowest BCUT2D eigenvalue weighted by molar-refractivity contribution is 0.258. The minimum absolute atomic E-state index is 0.536. The van der Waals surface area contributed by atoms with Crippen molar-refractivity contribution in [2.75, 3.05) is 5.32 Å². The first-order chi connectivity index (χ1) is 7.15. The number of hydrogen-bond acceptors (Lipinski definition) is 2. The summed E-state index contributed by atoms with van der Waals surface area (Å²) in [5, 5.41) is 11.2. The molecule has 82 valence electrons. The summed E-state index contributed by atoms with van der Waals surface area (Å²) in [6, 6.07) is 2.44. The van der Waals surface area contributed by atoms with E-state index in [0.717, 1.165) is 11.7 Å². The number of hydrogen-bond donors (Lipinski definition) is 2. The van der Waals surface area contributed by atoms with Crippen LogP contribution in [0.25, 0.3) is 0 Å². The van der Waals surface area contributed by atoms with Crippen LogP contribution in [0.3, 0.4) is 0 Å². The molecule has 1 aliphatic carbocycles. The van der Waals surface area contributed by atoms with E-state index in [2.05, 4.69) is 22.7 Å². The smallest absolute Gasteiger partial charge is 0.172 e. The quantitative estimate of drug-likeness (QED) is 0.747. The van der Waals surface area contributed by atoms with E-state index in [1.807, 2.05) is 19.3 Å². The van der Waals surface area contributed by atoms with Gasteiger partial charge in [-0.25, -0.2) is 0 Å². The fraction of sp³-hybridized carbons (Fsp3) is 0.600. The van der Waals surface area contributed by atoms with Crippen LogP contribution in [0.1, 0.15) is 19.8 Å². The molecule has 4 nitrogen and oxygen atoms in total. The zero-order valence-electron chi connectivity index (χ0n) is 9.03. The third kappa shape index (κ3) is 2.47. The van der Waals surface area contributed by atoms with Crippen molar-refractivity contribution in [3.05, 3.63) is 12.3 Å². The van der Waals surface area contributed by atoms with Gasteiger partial charge in [0.15, 0.2) is 10.9 Å². The molecule has 2 rings (SSSR count).